The number of nitro groups is 1. The van der Waals surface area contributed by atoms with Crippen LogP contribution < -0.4 is 5.73 Å². The second-order valence-corrected chi connectivity index (χ2v) is 6.21. The quantitative estimate of drug-likeness (QED) is 0.668. The Morgan fingerprint density at radius 3 is 2.74 bits per heavy atom. The Bertz CT molecular complexity index is 503. The molecule has 0 aliphatic heterocycles. The van der Waals surface area contributed by atoms with E-state index < -0.39 is 0 Å². The van der Waals surface area contributed by atoms with Crippen LogP contribution in [0.15, 0.2) is 24.3 Å². The molecular formula is C15H20N2O2. The highest BCUT2D eigenvalue weighted by Crippen LogP contribution is 2.57. The van der Waals surface area contributed by atoms with Crippen molar-refractivity contribution in [3.63, 3.8) is 0 Å². The Kier molecular flexibility index (Phi) is 3.05. The Balaban J connectivity index is 1.90. The van der Waals surface area contributed by atoms with E-state index in [1.165, 1.54) is 19.3 Å². The molecule has 0 aromatic heterocycles. The Morgan fingerprint density at radius 1 is 1.37 bits per heavy atom. The van der Waals surface area contributed by atoms with E-state index in [4.69, 9.17) is 5.73 Å². The monoisotopic (exact) mass is 260 g/mol. The van der Waals surface area contributed by atoms with Gasteiger partial charge in [0, 0.05) is 11.6 Å². The SMILES string of the molecule is NCC1(Cc2ccccc2[N+](=O)[O-])CC2CCC1C2. The molecule has 0 heterocycles. The summed E-state index contributed by atoms with van der Waals surface area (Å²) in [5.74, 6) is 1.47. The summed E-state index contributed by atoms with van der Waals surface area (Å²) < 4.78 is 0. The maximum absolute atomic E-state index is 11.1. The van der Waals surface area contributed by atoms with Gasteiger partial charge in [0.25, 0.3) is 5.69 Å². The van der Waals surface area contributed by atoms with Crippen molar-refractivity contribution in [1.82, 2.24) is 0 Å². The molecule has 2 N–H and O–H groups in total. The van der Waals surface area contributed by atoms with Crippen LogP contribution in [0.2, 0.25) is 0 Å². The summed E-state index contributed by atoms with van der Waals surface area (Å²) in [6.45, 7) is 0.653. The zero-order valence-corrected chi connectivity index (χ0v) is 11.0. The van der Waals surface area contributed by atoms with Gasteiger partial charge in [-0.15, -0.1) is 0 Å². The molecule has 1 aromatic rings. The van der Waals surface area contributed by atoms with Gasteiger partial charge in [-0.05, 0) is 49.5 Å². The molecule has 2 saturated carbocycles. The minimum Gasteiger partial charge on any atom is -0.330 e. The first kappa shape index (κ1) is 12.6. The third kappa shape index (κ3) is 2.04. The van der Waals surface area contributed by atoms with Crippen molar-refractivity contribution in [2.45, 2.75) is 32.1 Å². The van der Waals surface area contributed by atoms with Crippen LogP contribution in [0.5, 0.6) is 0 Å². The third-order valence-corrected chi connectivity index (χ3v) is 5.24. The van der Waals surface area contributed by atoms with Crippen LogP contribution in [0.4, 0.5) is 5.69 Å². The number of hydrogen-bond donors (Lipinski definition) is 1. The van der Waals surface area contributed by atoms with Gasteiger partial charge in [0.2, 0.25) is 0 Å². The predicted molar refractivity (Wildman–Crippen MR) is 73.7 cm³/mol. The van der Waals surface area contributed by atoms with E-state index in [0.717, 1.165) is 24.3 Å². The molecule has 3 unspecified atom stereocenters. The second kappa shape index (κ2) is 4.60. The number of fused-ring (bicyclic) bond motifs is 2. The Hall–Kier alpha value is -1.42. The van der Waals surface area contributed by atoms with Crippen LogP contribution in [0.1, 0.15) is 31.2 Å². The summed E-state index contributed by atoms with van der Waals surface area (Å²) in [6.07, 6.45) is 5.77. The number of para-hydroxylation sites is 1. The van der Waals surface area contributed by atoms with Crippen molar-refractivity contribution in [1.29, 1.82) is 0 Å². The average molecular weight is 260 g/mol. The molecule has 0 saturated heterocycles. The van der Waals surface area contributed by atoms with Crippen molar-refractivity contribution in [2.75, 3.05) is 6.54 Å². The molecule has 3 atom stereocenters. The molecule has 2 bridgehead atoms. The lowest BCUT2D eigenvalue weighted by atomic mass is 9.69. The van der Waals surface area contributed by atoms with Gasteiger partial charge in [-0.1, -0.05) is 24.6 Å². The van der Waals surface area contributed by atoms with E-state index in [-0.39, 0.29) is 16.0 Å². The lowest BCUT2D eigenvalue weighted by molar-refractivity contribution is -0.385. The van der Waals surface area contributed by atoms with Gasteiger partial charge in [0.15, 0.2) is 0 Å². The fraction of sp³-hybridized carbons (Fsp3) is 0.600. The highest BCUT2D eigenvalue weighted by molar-refractivity contribution is 5.40. The first-order valence-electron chi connectivity index (χ1n) is 7.07. The highest BCUT2D eigenvalue weighted by atomic mass is 16.6. The molecule has 4 heteroatoms. The smallest absolute Gasteiger partial charge is 0.272 e. The molecule has 4 nitrogen and oxygen atoms in total. The minimum atomic E-state index is -0.271. The molecule has 1 aromatic carbocycles. The summed E-state index contributed by atoms with van der Waals surface area (Å²) in [7, 11) is 0. The predicted octanol–water partition coefficient (Wildman–Crippen LogP) is 2.90. The number of nitrogens with zero attached hydrogens (tertiary/aromatic N) is 1. The zero-order chi connectivity index (χ0) is 13.5. The van der Waals surface area contributed by atoms with Crippen molar-refractivity contribution in [2.24, 2.45) is 23.0 Å². The van der Waals surface area contributed by atoms with Gasteiger partial charge in [-0.2, -0.15) is 0 Å². The van der Waals surface area contributed by atoms with Crippen LogP contribution in [-0.2, 0) is 6.42 Å². The molecule has 2 aliphatic carbocycles. The van der Waals surface area contributed by atoms with Crippen LogP contribution in [0.3, 0.4) is 0 Å². The van der Waals surface area contributed by atoms with Crippen LogP contribution in [-0.4, -0.2) is 11.5 Å². The highest BCUT2D eigenvalue weighted by Gasteiger charge is 2.50. The van der Waals surface area contributed by atoms with E-state index in [1.807, 2.05) is 12.1 Å². The number of benzene rings is 1. The van der Waals surface area contributed by atoms with Crippen LogP contribution in [0, 0.1) is 27.4 Å². The molecule has 0 amide bonds. The van der Waals surface area contributed by atoms with Crippen molar-refractivity contribution < 1.29 is 4.92 Å². The maximum atomic E-state index is 11.1. The van der Waals surface area contributed by atoms with E-state index in [2.05, 4.69) is 0 Å². The topological polar surface area (TPSA) is 69.2 Å². The molecule has 2 aliphatic rings. The summed E-state index contributed by atoms with van der Waals surface area (Å²) in [6, 6.07) is 7.12. The van der Waals surface area contributed by atoms with Gasteiger partial charge >= 0.3 is 0 Å². The molecule has 3 rings (SSSR count). The Labute approximate surface area is 113 Å². The van der Waals surface area contributed by atoms with E-state index in [9.17, 15) is 10.1 Å². The van der Waals surface area contributed by atoms with Gasteiger partial charge in [0.1, 0.15) is 0 Å². The summed E-state index contributed by atoms with van der Waals surface area (Å²) >= 11 is 0. The third-order valence-electron chi connectivity index (χ3n) is 5.24. The van der Waals surface area contributed by atoms with E-state index in [1.54, 1.807) is 12.1 Å². The molecule has 102 valence electrons. The van der Waals surface area contributed by atoms with Crippen molar-refractivity contribution in [3.05, 3.63) is 39.9 Å². The lowest BCUT2D eigenvalue weighted by Crippen LogP contribution is -2.38. The molecule has 0 radical (unpaired) electrons. The Morgan fingerprint density at radius 2 is 2.16 bits per heavy atom. The first-order chi connectivity index (χ1) is 9.14. The fourth-order valence-corrected chi connectivity index (χ4v) is 4.31. The van der Waals surface area contributed by atoms with Crippen LogP contribution in [0.25, 0.3) is 0 Å². The van der Waals surface area contributed by atoms with Gasteiger partial charge in [-0.3, -0.25) is 10.1 Å². The van der Waals surface area contributed by atoms with Crippen LogP contribution >= 0.6 is 0 Å². The number of hydrogen-bond acceptors (Lipinski definition) is 3. The fourth-order valence-electron chi connectivity index (χ4n) is 4.31. The van der Waals surface area contributed by atoms with Gasteiger partial charge in [-0.25, -0.2) is 0 Å². The normalized spacial score (nSPS) is 32.7. The summed E-state index contributed by atoms with van der Waals surface area (Å²) in [4.78, 5) is 10.9. The lowest BCUT2D eigenvalue weighted by Gasteiger charge is -2.36. The minimum absolute atomic E-state index is 0.106. The number of nitrogens with two attached hydrogens (primary N) is 1. The van der Waals surface area contributed by atoms with Gasteiger partial charge < -0.3 is 5.73 Å². The summed E-state index contributed by atoms with van der Waals surface area (Å²) in [5.41, 5.74) is 7.27. The van der Waals surface area contributed by atoms with Crippen molar-refractivity contribution in [3.8, 4) is 0 Å². The zero-order valence-electron chi connectivity index (χ0n) is 11.0. The maximum Gasteiger partial charge on any atom is 0.272 e. The second-order valence-electron chi connectivity index (χ2n) is 6.21. The average Bonchev–Trinajstić information content (AvgIpc) is 3.00. The van der Waals surface area contributed by atoms with E-state index in [0.29, 0.717) is 12.5 Å². The van der Waals surface area contributed by atoms with Crippen molar-refractivity contribution >= 4 is 5.69 Å². The van der Waals surface area contributed by atoms with Gasteiger partial charge in [0.05, 0.1) is 4.92 Å². The molecule has 0 spiro atoms. The summed E-state index contributed by atoms with van der Waals surface area (Å²) in [5, 5.41) is 11.1. The molecular weight excluding hydrogens is 240 g/mol. The standard InChI is InChI=1S/C15H20N2O2/c16-10-15(8-11-5-6-13(15)7-11)9-12-3-1-2-4-14(12)17(18)19/h1-4,11,13H,5-10,16H2. The largest absolute Gasteiger partial charge is 0.330 e. The molecule has 2 fully saturated rings. The first-order valence-corrected chi connectivity index (χ1v) is 7.07. The molecule has 19 heavy (non-hydrogen) atoms. The number of rotatable bonds is 4. The number of nitro benzene ring substituents is 1. The van der Waals surface area contributed by atoms with E-state index >= 15 is 0 Å².